The molecule has 1 aromatic rings. The van der Waals surface area contributed by atoms with E-state index >= 15 is 0 Å². The Morgan fingerprint density at radius 2 is 1.86 bits per heavy atom. The van der Waals surface area contributed by atoms with Crippen LogP contribution in [-0.2, 0) is 16.1 Å². The lowest BCUT2D eigenvalue weighted by Crippen LogP contribution is -2.25. The predicted molar refractivity (Wildman–Crippen MR) is 81.4 cm³/mol. The van der Waals surface area contributed by atoms with Crippen LogP contribution in [-0.4, -0.2) is 34.9 Å². The average molecular weight is 309 g/mol. The van der Waals surface area contributed by atoms with E-state index in [2.05, 4.69) is 5.32 Å². The van der Waals surface area contributed by atoms with Gasteiger partial charge < -0.3 is 20.3 Å². The van der Waals surface area contributed by atoms with Crippen LogP contribution in [0.4, 0.5) is 4.79 Å². The highest BCUT2D eigenvalue weighted by Gasteiger charge is 2.08. The molecule has 1 unspecified atom stereocenters. The van der Waals surface area contributed by atoms with E-state index in [-0.39, 0.29) is 13.0 Å². The summed E-state index contributed by atoms with van der Waals surface area (Å²) < 4.78 is 5.06. The Bertz CT molecular complexity index is 449. The molecular weight excluding hydrogens is 286 g/mol. The van der Waals surface area contributed by atoms with E-state index in [4.69, 9.17) is 9.84 Å². The molecule has 0 heterocycles. The second kappa shape index (κ2) is 10.6. The van der Waals surface area contributed by atoms with Crippen molar-refractivity contribution in [2.24, 2.45) is 0 Å². The van der Waals surface area contributed by atoms with Gasteiger partial charge >= 0.3 is 12.1 Å². The van der Waals surface area contributed by atoms with Gasteiger partial charge in [-0.3, -0.25) is 4.79 Å². The summed E-state index contributed by atoms with van der Waals surface area (Å²) in [6.45, 7) is 0.747. The van der Waals surface area contributed by atoms with Crippen molar-refractivity contribution >= 4 is 12.1 Å². The molecule has 0 aliphatic heterocycles. The molecule has 0 aliphatic rings. The van der Waals surface area contributed by atoms with Crippen LogP contribution >= 0.6 is 0 Å². The van der Waals surface area contributed by atoms with Gasteiger partial charge in [-0.05, 0) is 18.4 Å². The number of amides is 1. The summed E-state index contributed by atoms with van der Waals surface area (Å²) >= 11 is 0. The number of benzene rings is 1. The van der Waals surface area contributed by atoms with Crippen LogP contribution in [0.3, 0.4) is 0 Å². The molecule has 1 aromatic carbocycles. The Balaban J connectivity index is 1.98. The number of alkyl carbamates (subject to hydrolysis) is 1. The zero-order chi connectivity index (χ0) is 16.2. The van der Waals surface area contributed by atoms with Crippen LogP contribution in [0.15, 0.2) is 30.3 Å². The Labute approximate surface area is 130 Å². The number of aliphatic carboxylic acids is 1. The molecular formula is C16H23NO5. The van der Waals surface area contributed by atoms with Crippen molar-refractivity contribution in [1.29, 1.82) is 0 Å². The standard InChI is InChI=1S/C16H23NO5/c18-14(11-15(19)20)9-5-2-6-10-17-16(21)22-12-13-7-3-1-4-8-13/h1,3-4,7-8,14,18H,2,5-6,9-12H2,(H,17,21)(H,19,20). The monoisotopic (exact) mass is 309 g/mol. The van der Waals surface area contributed by atoms with E-state index in [0.717, 1.165) is 24.8 Å². The van der Waals surface area contributed by atoms with Crippen LogP contribution in [0.5, 0.6) is 0 Å². The first-order valence-electron chi connectivity index (χ1n) is 7.42. The van der Waals surface area contributed by atoms with Crippen LogP contribution in [0.25, 0.3) is 0 Å². The molecule has 6 heteroatoms. The number of aliphatic hydroxyl groups is 1. The number of carbonyl (C=O) groups is 2. The van der Waals surface area contributed by atoms with E-state index in [1.54, 1.807) is 0 Å². The summed E-state index contributed by atoms with van der Waals surface area (Å²) in [5, 5.41) is 20.5. The molecule has 0 radical (unpaired) electrons. The molecule has 1 rings (SSSR count). The highest BCUT2D eigenvalue weighted by molar-refractivity contribution is 5.67. The van der Waals surface area contributed by atoms with Crippen molar-refractivity contribution in [3.05, 3.63) is 35.9 Å². The number of unbranched alkanes of at least 4 members (excludes halogenated alkanes) is 2. The summed E-state index contributed by atoms with van der Waals surface area (Å²) in [4.78, 5) is 21.8. The summed E-state index contributed by atoms with van der Waals surface area (Å²) in [6, 6.07) is 9.44. The maximum absolute atomic E-state index is 11.4. The third-order valence-electron chi connectivity index (χ3n) is 3.11. The third-order valence-corrected chi connectivity index (χ3v) is 3.11. The third kappa shape index (κ3) is 8.97. The molecule has 3 N–H and O–H groups in total. The number of carboxylic acid groups (broad SMARTS) is 1. The zero-order valence-electron chi connectivity index (χ0n) is 12.5. The van der Waals surface area contributed by atoms with Crippen LogP contribution in [0, 0.1) is 0 Å². The van der Waals surface area contributed by atoms with Crippen molar-refractivity contribution in [3.63, 3.8) is 0 Å². The van der Waals surface area contributed by atoms with Crippen LogP contribution in [0.2, 0.25) is 0 Å². The van der Waals surface area contributed by atoms with Gasteiger partial charge in [-0.25, -0.2) is 4.79 Å². The number of carboxylic acids is 1. The lowest BCUT2D eigenvalue weighted by molar-refractivity contribution is -0.139. The van der Waals surface area contributed by atoms with Crippen LogP contribution in [0.1, 0.15) is 37.7 Å². The second-order valence-corrected chi connectivity index (χ2v) is 5.09. The molecule has 0 spiro atoms. The van der Waals surface area contributed by atoms with Crippen molar-refractivity contribution in [2.45, 2.75) is 44.8 Å². The van der Waals surface area contributed by atoms with Gasteiger partial charge in [0.1, 0.15) is 6.61 Å². The van der Waals surface area contributed by atoms with E-state index in [1.807, 2.05) is 30.3 Å². The fourth-order valence-electron chi connectivity index (χ4n) is 1.95. The van der Waals surface area contributed by atoms with Gasteiger partial charge in [0.05, 0.1) is 12.5 Å². The van der Waals surface area contributed by atoms with Crippen molar-refractivity contribution in [3.8, 4) is 0 Å². The van der Waals surface area contributed by atoms with Crippen LogP contribution < -0.4 is 5.32 Å². The largest absolute Gasteiger partial charge is 0.481 e. The van der Waals surface area contributed by atoms with E-state index in [1.165, 1.54) is 0 Å². The lowest BCUT2D eigenvalue weighted by Gasteiger charge is -2.08. The van der Waals surface area contributed by atoms with E-state index in [0.29, 0.717) is 13.0 Å². The van der Waals surface area contributed by atoms with Gasteiger partial charge in [-0.1, -0.05) is 43.2 Å². The summed E-state index contributed by atoms with van der Waals surface area (Å²) in [6.07, 6.45) is 1.32. The maximum atomic E-state index is 11.4. The Morgan fingerprint density at radius 3 is 2.55 bits per heavy atom. The minimum absolute atomic E-state index is 0.218. The molecule has 22 heavy (non-hydrogen) atoms. The molecule has 1 amide bonds. The van der Waals surface area contributed by atoms with Crippen molar-refractivity contribution in [1.82, 2.24) is 5.32 Å². The topological polar surface area (TPSA) is 95.9 Å². The van der Waals surface area contributed by atoms with Gasteiger partial charge in [0, 0.05) is 6.54 Å². The fraction of sp³-hybridized carbons (Fsp3) is 0.500. The van der Waals surface area contributed by atoms with Gasteiger partial charge in [-0.15, -0.1) is 0 Å². The highest BCUT2D eigenvalue weighted by atomic mass is 16.5. The predicted octanol–water partition coefficient (Wildman–Crippen LogP) is 2.31. The number of rotatable bonds is 10. The minimum Gasteiger partial charge on any atom is -0.481 e. The summed E-state index contributed by atoms with van der Waals surface area (Å²) in [5.41, 5.74) is 0.935. The normalized spacial score (nSPS) is 11.7. The first-order valence-corrected chi connectivity index (χ1v) is 7.42. The smallest absolute Gasteiger partial charge is 0.407 e. The minimum atomic E-state index is -0.990. The number of aliphatic hydroxyl groups excluding tert-OH is 1. The molecule has 6 nitrogen and oxygen atoms in total. The first kappa shape index (κ1) is 18.0. The average Bonchev–Trinajstić information content (AvgIpc) is 2.49. The van der Waals surface area contributed by atoms with E-state index < -0.39 is 18.2 Å². The van der Waals surface area contributed by atoms with Gasteiger partial charge in [0.2, 0.25) is 0 Å². The van der Waals surface area contributed by atoms with Gasteiger partial charge in [0.15, 0.2) is 0 Å². The quantitative estimate of drug-likeness (QED) is 0.576. The SMILES string of the molecule is O=C(O)CC(O)CCCCCNC(=O)OCc1ccccc1. The molecule has 0 aromatic heterocycles. The van der Waals surface area contributed by atoms with E-state index in [9.17, 15) is 14.7 Å². The first-order chi connectivity index (χ1) is 10.6. The van der Waals surface area contributed by atoms with Gasteiger partial charge in [0.25, 0.3) is 0 Å². The highest BCUT2D eigenvalue weighted by Crippen LogP contribution is 2.06. The Kier molecular flexibility index (Phi) is 8.67. The number of hydrogen-bond donors (Lipinski definition) is 3. The zero-order valence-corrected chi connectivity index (χ0v) is 12.5. The molecule has 0 aliphatic carbocycles. The molecule has 0 fully saturated rings. The molecule has 0 bridgehead atoms. The number of ether oxygens (including phenoxy) is 1. The molecule has 122 valence electrons. The van der Waals surface area contributed by atoms with Crippen molar-refractivity contribution < 1.29 is 24.5 Å². The molecule has 0 saturated carbocycles. The van der Waals surface area contributed by atoms with Crippen molar-refractivity contribution in [2.75, 3.05) is 6.54 Å². The number of nitrogens with one attached hydrogen (secondary N) is 1. The molecule has 0 saturated heterocycles. The Hall–Kier alpha value is -2.08. The Morgan fingerprint density at radius 1 is 1.14 bits per heavy atom. The lowest BCUT2D eigenvalue weighted by atomic mass is 10.1. The maximum Gasteiger partial charge on any atom is 0.407 e. The summed E-state index contributed by atoms with van der Waals surface area (Å²) in [7, 11) is 0. The van der Waals surface area contributed by atoms with Gasteiger partial charge in [-0.2, -0.15) is 0 Å². The number of hydrogen-bond acceptors (Lipinski definition) is 4. The molecule has 1 atom stereocenters. The summed E-state index contributed by atoms with van der Waals surface area (Å²) in [5.74, 6) is -0.990. The number of carbonyl (C=O) groups excluding carboxylic acids is 1. The second-order valence-electron chi connectivity index (χ2n) is 5.09. The fourth-order valence-corrected chi connectivity index (χ4v) is 1.95.